The molecule has 1 aromatic heterocycles. The van der Waals surface area contributed by atoms with Crippen LogP contribution < -0.4 is 15.0 Å². The number of fused-ring (bicyclic) bond motifs is 2. The van der Waals surface area contributed by atoms with Gasteiger partial charge in [0, 0.05) is 55.0 Å². The minimum Gasteiger partial charge on any atom is -0.494 e. The van der Waals surface area contributed by atoms with Crippen LogP contribution in [-0.4, -0.2) is 44.2 Å². The van der Waals surface area contributed by atoms with Gasteiger partial charge in [0.25, 0.3) is 0 Å². The zero-order valence-corrected chi connectivity index (χ0v) is 17.5. The lowest BCUT2D eigenvalue weighted by Crippen LogP contribution is -2.46. The maximum absolute atomic E-state index is 6.01. The Morgan fingerprint density at radius 1 is 1.03 bits per heavy atom. The zero-order chi connectivity index (χ0) is 19.5. The van der Waals surface area contributed by atoms with E-state index in [1.807, 2.05) is 17.5 Å². The number of thiophene rings is 1. The van der Waals surface area contributed by atoms with Gasteiger partial charge in [-0.25, -0.2) is 0 Å². The standard InChI is InChI=1S/C24H27N3OS/c1-3-23(22-8-16-29-24(22)4-1)27-13-11-26(12-14-27)10-2-15-28-21-6-5-19-7-9-25-18-20(19)17-21/h1,3-9,16-17,25H,2,10-15,18H2. The smallest absolute Gasteiger partial charge is 0.119 e. The summed E-state index contributed by atoms with van der Waals surface area (Å²) in [6.07, 6.45) is 5.18. The molecule has 150 valence electrons. The van der Waals surface area contributed by atoms with Gasteiger partial charge in [-0.3, -0.25) is 4.90 Å². The summed E-state index contributed by atoms with van der Waals surface area (Å²) in [4.78, 5) is 5.10. The molecule has 0 spiro atoms. The molecule has 29 heavy (non-hydrogen) atoms. The predicted octanol–water partition coefficient (Wildman–Crippen LogP) is 4.57. The van der Waals surface area contributed by atoms with Crippen LogP contribution in [0.5, 0.6) is 5.75 Å². The number of benzene rings is 2. The molecule has 1 fully saturated rings. The maximum atomic E-state index is 6.01. The lowest BCUT2D eigenvalue weighted by molar-refractivity contribution is 0.225. The number of ether oxygens (including phenoxy) is 1. The van der Waals surface area contributed by atoms with Gasteiger partial charge in [0.1, 0.15) is 5.75 Å². The van der Waals surface area contributed by atoms with Gasteiger partial charge in [-0.15, -0.1) is 11.3 Å². The van der Waals surface area contributed by atoms with E-state index in [4.69, 9.17) is 4.74 Å². The summed E-state index contributed by atoms with van der Waals surface area (Å²) in [5, 5.41) is 6.85. The fourth-order valence-electron chi connectivity index (χ4n) is 4.25. The van der Waals surface area contributed by atoms with Crippen LogP contribution in [0.15, 0.2) is 54.0 Å². The minimum atomic E-state index is 0.774. The van der Waals surface area contributed by atoms with Crippen molar-refractivity contribution in [1.29, 1.82) is 0 Å². The van der Waals surface area contributed by atoms with E-state index in [0.717, 1.165) is 58.0 Å². The van der Waals surface area contributed by atoms with E-state index in [1.54, 1.807) is 0 Å². The van der Waals surface area contributed by atoms with E-state index in [-0.39, 0.29) is 0 Å². The van der Waals surface area contributed by atoms with E-state index in [9.17, 15) is 0 Å². The predicted molar refractivity (Wildman–Crippen MR) is 123 cm³/mol. The molecule has 0 saturated carbocycles. The van der Waals surface area contributed by atoms with Crippen molar-refractivity contribution in [2.45, 2.75) is 13.0 Å². The van der Waals surface area contributed by atoms with E-state index in [2.05, 4.69) is 69.0 Å². The molecule has 3 heterocycles. The van der Waals surface area contributed by atoms with Crippen LogP contribution >= 0.6 is 11.3 Å². The summed E-state index contributed by atoms with van der Waals surface area (Å²) >= 11 is 1.83. The van der Waals surface area contributed by atoms with Gasteiger partial charge in [0.2, 0.25) is 0 Å². The molecule has 1 N–H and O–H groups in total. The molecular formula is C24H27N3OS. The van der Waals surface area contributed by atoms with E-state index >= 15 is 0 Å². The summed E-state index contributed by atoms with van der Waals surface area (Å²) in [6.45, 7) is 7.20. The third kappa shape index (κ3) is 4.11. The highest BCUT2D eigenvalue weighted by Crippen LogP contribution is 2.31. The van der Waals surface area contributed by atoms with Crippen LogP contribution in [0.3, 0.4) is 0 Å². The zero-order valence-electron chi connectivity index (χ0n) is 16.6. The third-order valence-electron chi connectivity index (χ3n) is 5.86. The largest absolute Gasteiger partial charge is 0.494 e. The van der Waals surface area contributed by atoms with E-state index < -0.39 is 0 Å². The first-order valence-corrected chi connectivity index (χ1v) is 11.3. The van der Waals surface area contributed by atoms with Crippen molar-refractivity contribution >= 4 is 33.2 Å². The molecule has 2 aliphatic heterocycles. The van der Waals surface area contributed by atoms with Crippen LogP contribution in [0.2, 0.25) is 0 Å². The third-order valence-corrected chi connectivity index (χ3v) is 6.74. The quantitative estimate of drug-likeness (QED) is 0.608. The van der Waals surface area contributed by atoms with E-state index in [1.165, 1.54) is 26.9 Å². The van der Waals surface area contributed by atoms with Crippen molar-refractivity contribution in [3.8, 4) is 5.75 Å². The summed E-state index contributed by atoms with van der Waals surface area (Å²) in [7, 11) is 0. The summed E-state index contributed by atoms with van der Waals surface area (Å²) in [5.74, 6) is 0.981. The second-order valence-corrected chi connectivity index (χ2v) is 8.66. The Balaban J connectivity index is 1.08. The molecule has 4 nitrogen and oxygen atoms in total. The van der Waals surface area contributed by atoms with Gasteiger partial charge in [0.15, 0.2) is 0 Å². The van der Waals surface area contributed by atoms with Crippen LogP contribution in [-0.2, 0) is 6.54 Å². The number of rotatable bonds is 6. The highest BCUT2D eigenvalue weighted by Gasteiger charge is 2.18. The monoisotopic (exact) mass is 405 g/mol. The van der Waals surface area contributed by atoms with Crippen molar-refractivity contribution in [3.63, 3.8) is 0 Å². The Labute approximate surface area is 176 Å². The molecule has 2 aliphatic rings. The summed E-state index contributed by atoms with van der Waals surface area (Å²) < 4.78 is 7.39. The Morgan fingerprint density at radius 3 is 2.90 bits per heavy atom. The highest BCUT2D eigenvalue weighted by atomic mass is 32.1. The Kier molecular flexibility index (Phi) is 5.41. The second kappa shape index (κ2) is 8.47. The van der Waals surface area contributed by atoms with Crippen LogP contribution in [0.4, 0.5) is 5.69 Å². The molecular weight excluding hydrogens is 378 g/mol. The fourth-order valence-corrected chi connectivity index (χ4v) is 5.06. The van der Waals surface area contributed by atoms with Crippen molar-refractivity contribution in [2.75, 3.05) is 44.2 Å². The Morgan fingerprint density at radius 2 is 1.97 bits per heavy atom. The van der Waals surface area contributed by atoms with Crippen molar-refractivity contribution < 1.29 is 4.74 Å². The molecule has 5 heteroatoms. The van der Waals surface area contributed by atoms with Gasteiger partial charge in [-0.1, -0.05) is 12.1 Å². The summed E-state index contributed by atoms with van der Waals surface area (Å²) in [5.41, 5.74) is 3.98. The number of nitrogens with zero attached hydrogens (tertiary/aromatic N) is 2. The number of anilines is 1. The van der Waals surface area contributed by atoms with Gasteiger partial charge in [-0.2, -0.15) is 0 Å². The van der Waals surface area contributed by atoms with Crippen molar-refractivity contribution in [1.82, 2.24) is 10.2 Å². The molecule has 2 aromatic carbocycles. The molecule has 5 rings (SSSR count). The van der Waals surface area contributed by atoms with Crippen LogP contribution in [0.25, 0.3) is 16.2 Å². The second-order valence-electron chi connectivity index (χ2n) is 7.72. The van der Waals surface area contributed by atoms with E-state index in [0.29, 0.717) is 0 Å². The van der Waals surface area contributed by atoms with Crippen molar-refractivity contribution in [3.05, 3.63) is 65.2 Å². The van der Waals surface area contributed by atoms with Gasteiger partial charge in [-0.05, 0) is 65.5 Å². The lowest BCUT2D eigenvalue weighted by atomic mass is 10.1. The molecule has 0 aliphatic carbocycles. The molecule has 0 amide bonds. The molecule has 0 bridgehead atoms. The van der Waals surface area contributed by atoms with Crippen LogP contribution in [0, 0.1) is 0 Å². The maximum Gasteiger partial charge on any atom is 0.119 e. The topological polar surface area (TPSA) is 27.7 Å². The number of piperazine rings is 1. The van der Waals surface area contributed by atoms with Gasteiger partial charge in [0.05, 0.1) is 6.61 Å². The molecule has 0 radical (unpaired) electrons. The lowest BCUT2D eigenvalue weighted by Gasteiger charge is -2.36. The average molecular weight is 406 g/mol. The first-order chi connectivity index (χ1) is 14.4. The molecule has 0 atom stereocenters. The Hall–Kier alpha value is -2.50. The Bertz CT molecular complexity index is 1000. The normalized spacial score (nSPS) is 16.6. The minimum absolute atomic E-state index is 0.774. The van der Waals surface area contributed by atoms with Gasteiger partial charge >= 0.3 is 0 Å². The molecule has 3 aromatic rings. The summed E-state index contributed by atoms with van der Waals surface area (Å²) in [6, 6.07) is 15.3. The SMILES string of the molecule is C1=Cc2ccc(OCCCN3CCN(c4cccc5sccc45)CC3)cc2CN1. The fraction of sp³-hybridized carbons (Fsp3) is 0.333. The first-order valence-electron chi connectivity index (χ1n) is 10.5. The molecule has 0 unspecified atom stereocenters. The number of hydrogen-bond donors (Lipinski definition) is 1. The number of hydrogen-bond acceptors (Lipinski definition) is 5. The first kappa shape index (κ1) is 18.5. The van der Waals surface area contributed by atoms with Crippen molar-refractivity contribution in [2.24, 2.45) is 0 Å². The average Bonchev–Trinajstić information content (AvgIpc) is 3.26. The number of nitrogens with one attached hydrogen (secondary N) is 1. The molecule has 1 saturated heterocycles. The van der Waals surface area contributed by atoms with Gasteiger partial charge < -0.3 is 15.0 Å². The highest BCUT2D eigenvalue weighted by molar-refractivity contribution is 7.17. The van der Waals surface area contributed by atoms with Crippen LogP contribution in [0.1, 0.15) is 17.5 Å².